The van der Waals surface area contributed by atoms with Crippen molar-refractivity contribution in [1.82, 2.24) is 9.97 Å². The Morgan fingerprint density at radius 1 is 1.70 bits per heavy atom. The van der Waals surface area contributed by atoms with Crippen molar-refractivity contribution < 1.29 is 0 Å². The summed E-state index contributed by atoms with van der Waals surface area (Å²) in [5, 5.41) is 0. The summed E-state index contributed by atoms with van der Waals surface area (Å²) in [7, 11) is 0. The maximum absolute atomic E-state index is 4.00. The van der Waals surface area contributed by atoms with Gasteiger partial charge in [0, 0.05) is 12.3 Å². The van der Waals surface area contributed by atoms with Gasteiger partial charge >= 0.3 is 0 Å². The molecule has 1 aromatic rings. The lowest BCUT2D eigenvalue weighted by molar-refractivity contribution is 1.11. The number of aryl methyl sites for hydroxylation is 1. The Kier molecular flexibility index (Phi) is 1.98. The first kappa shape index (κ1) is 6.72. The van der Waals surface area contributed by atoms with Gasteiger partial charge in [0.05, 0.1) is 5.69 Å². The molecule has 1 rings (SSSR count). The molecule has 0 aliphatic rings. The van der Waals surface area contributed by atoms with Gasteiger partial charge in [0.1, 0.15) is 6.33 Å². The SMILES string of the molecule is C=C=Cc1ncncc1C. The van der Waals surface area contributed by atoms with Gasteiger partial charge in [0.2, 0.25) is 0 Å². The summed E-state index contributed by atoms with van der Waals surface area (Å²) < 4.78 is 0. The Morgan fingerprint density at radius 2 is 2.50 bits per heavy atom. The smallest absolute Gasteiger partial charge is 0.116 e. The molecule has 1 aromatic heterocycles. The van der Waals surface area contributed by atoms with Crippen molar-refractivity contribution in [3.8, 4) is 0 Å². The van der Waals surface area contributed by atoms with Crippen LogP contribution < -0.4 is 0 Å². The second kappa shape index (κ2) is 2.95. The third kappa shape index (κ3) is 1.30. The number of aromatic nitrogens is 2. The van der Waals surface area contributed by atoms with Gasteiger partial charge in [-0.2, -0.15) is 0 Å². The average Bonchev–Trinajstić information content (AvgIpc) is 1.94. The number of nitrogens with zero attached hydrogens (tertiary/aromatic N) is 2. The molecule has 0 saturated carbocycles. The summed E-state index contributed by atoms with van der Waals surface area (Å²) in [5.74, 6) is 0. The van der Waals surface area contributed by atoms with Crippen LogP contribution >= 0.6 is 0 Å². The highest BCUT2D eigenvalue weighted by molar-refractivity contribution is 5.46. The zero-order valence-electron chi connectivity index (χ0n) is 5.83. The minimum absolute atomic E-state index is 0.880. The molecule has 0 aromatic carbocycles. The maximum Gasteiger partial charge on any atom is 0.116 e. The van der Waals surface area contributed by atoms with Crippen molar-refractivity contribution >= 4 is 6.08 Å². The molecular weight excluding hydrogens is 124 g/mol. The topological polar surface area (TPSA) is 25.8 Å². The van der Waals surface area contributed by atoms with E-state index in [0.717, 1.165) is 11.3 Å². The molecule has 0 saturated heterocycles. The summed E-state index contributed by atoms with van der Waals surface area (Å²) in [6, 6.07) is 0. The Balaban J connectivity index is 3.14. The van der Waals surface area contributed by atoms with E-state index in [1.165, 1.54) is 6.33 Å². The molecule has 0 fully saturated rings. The van der Waals surface area contributed by atoms with E-state index in [1.807, 2.05) is 6.92 Å². The molecule has 10 heavy (non-hydrogen) atoms. The third-order valence-electron chi connectivity index (χ3n) is 1.17. The lowest BCUT2D eigenvalue weighted by atomic mass is 10.2. The van der Waals surface area contributed by atoms with Crippen molar-refractivity contribution in [2.24, 2.45) is 0 Å². The molecule has 0 atom stereocenters. The van der Waals surface area contributed by atoms with Crippen LogP contribution in [-0.4, -0.2) is 9.97 Å². The number of rotatable bonds is 1. The highest BCUT2D eigenvalue weighted by Gasteiger charge is 1.90. The molecule has 1 heterocycles. The Hall–Kier alpha value is -1.40. The molecule has 50 valence electrons. The molecule has 0 spiro atoms. The van der Waals surface area contributed by atoms with Gasteiger partial charge in [-0.1, -0.05) is 6.58 Å². The number of hydrogen-bond acceptors (Lipinski definition) is 2. The minimum Gasteiger partial charge on any atom is -0.245 e. The van der Waals surface area contributed by atoms with Crippen LogP contribution in [0.5, 0.6) is 0 Å². The molecule has 2 nitrogen and oxygen atoms in total. The second-order valence-corrected chi connectivity index (χ2v) is 1.94. The van der Waals surface area contributed by atoms with Gasteiger partial charge in [0.15, 0.2) is 0 Å². The van der Waals surface area contributed by atoms with E-state index in [1.54, 1.807) is 12.3 Å². The van der Waals surface area contributed by atoms with Crippen LogP contribution in [0.3, 0.4) is 0 Å². The summed E-state index contributed by atoms with van der Waals surface area (Å²) >= 11 is 0. The lowest BCUT2D eigenvalue weighted by Crippen LogP contribution is -1.85. The number of hydrogen-bond donors (Lipinski definition) is 0. The standard InChI is InChI=1S/C8H8N2/c1-3-4-8-7(2)5-9-6-10-8/h4-6H,1H2,2H3. The zero-order chi connectivity index (χ0) is 7.40. The van der Waals surface area contributed by atoms with Crippen LogP contribution in [0.25, 0.3) is 6.08 Å². The zero-order valence-corrected chi connectivity index (χ0v) is 5.83. The van der Waals surface area contributed by atoms with Gasteiger partial charge in [-0.25, -0.2) is 9.97 Å². The highest BCUT2D eigenvalue weighted by atomic mass is 14.8. The Labute approximate surface area is 60.0 Å². The fourth-order valence-corrected chi connectivity index (χ4v) is 0.656. The van der Waals surface area contributed by atoms with Crippen LogP contribution in [-0.2, 0) is 0 Å². The molecule has 0 N–H and O–H groups in total. The van der Waals surface area contributed by atoms with Crippen molar-refractivity contribution in [3.63, 3.8) is 0 Å². The highest BCUT2D eigenvalue weighted by Crippen LogP contribution is 2.01. The fourth-order valence-electron chi connectivity index (χ4n) is 0.656. The van der Waals surface area contributed by atoms with Gasteiger partial charge in [-0.05, 0) is 12.5 Å². The van der Waals surface area contributed by atoms with E-state index in [0.29, 0.717) is 0 Å². The van der Waals surface area contributed by atoms with Crippen molar-refractivity contribution in [3.05, 3.63) is 36.1 Å². The van der Waals surface area contributed by atoms with Gasteiger partial charge < -0.3 is 0 Å². The summed E-state index contributed by atoms with van der Waals surface area (Å²) in [4.78, 5) is 7.85. The summed E-state index contributed by atoms with van der Waals surface area (Å²) in [6.07, 6.45) is 5.00. The predicted molar refractivity (Wildman–Crippen MR) is 40.4 cm³/mol. The molecule has 0 aliphatic carbocycles. The quantitative estimate of drug-likeness (QED) is 0.542. The van der Waals surface area contributed by atoms with Crippen LogP contribution in [0, 0.1) is 6.92 Å². The summed E-state index contributed by atoms with van der Waals surface area (Å²) in [6.45, 7) is 5.40. The normalized spacial score (nSPS) is 8.50. The molecular formula is C8H8N2. The van der Waals surface area contributed by atoms with Crippen LogP contribution in [0.4, 0.5) is 0 Å². The Bertz CT molecular complexity index is 272. The van der Waals surface area contributed by atoms with E-state index in [4.69, 9.17) is 0 Å². The minimum atomic E-state index is 0.880. The molecule has 0 amide bonds. The second-order valence-electron chi connectivity index (χ2n) is 1.94. The molecule has 0 aliphatic heterocycles. The van der Waals surface area contributed by atoms with Crippen molar-refractivity contribution in [2.75, 3.05) is 0 Å². The van der Waals surface area contributed by atoms with Crippen LogP contribution in [0.2, 0.25) is 0 Å². The predicted octanol–water partition coefficient (Wildman–Crippen LogP) is 1.58. The van der Waals surface area contributed by atoms with Gasteiger partial charge in [-0.15, -0.1) is 5.73 Å². The van der Waals surface area contributed by atoms with Crippen molar-refractivity contribution in [2.45, 2.75) is 6.92 Å². The van der Waals surface area contributed by atoms with E-state index < -0.39 is 0 Å². The first-order valence-corrected chi connectivity index (χ1v) is 2.97. The third-order valence-corrected chi connectivity index (χ3v) is 1.17. The molecule has 0 bridgehead atoms. The van der Waals surface area contributed by atoms with Crippen molar-refractivity contribution in [1.29, 1.82) is 0 Å². The van der Waals surface area contributed by atoms with E-state index >= 15 is 0 Å². The fraction of sp³-hybridized carbons (Fsp3) is 0.125. The summed E-state index contributed by atoms with van der Waals surface area (Å²) in [5.41, 5.74) is 4.58. The van der Waals surface area contributed by atoms with Crippen LogP contribution in [0.15, 0.2) is 24.8 Å². The first-order chi connectivity index (χ1) is 4.84. The largest absolute Gasteiger partial charge is 0.245 e. The molecule has 2 heteroatoms. The van der Waals surface area contributed by atoms with Gasteiger partial charge in [-0.3, -0.25) is 0 Å². The van der Waals surface area contributed by atoms with E-state index in [2.05, 4.69) is 22.3 Å². The maximum atomic E-state index is 4.00. The van der Waals surface area contributed by atoms with E-state index in [-0.39, 0.29) is 0 Å². The van der Waals surface area contributed by atoms with E-state index in [9.17, 15) is 0 Å². The first-order valence-electron chi connectivity index (χ1n) is 2.97. The molecule has 0 unspecified atom stereocenters. The lowest BCUT2D eigenvalue weighted by Gasteiger charge is -1.92. The van der Waals surface area contributed by atoms with Crippen LogP contribution in [0.1, 0.15) is 11.3 Å². The Morgan fingerprint density at radius 3 is 3.10 bits per heavy atom. The average molecular weight is 132 g/mol. The molecule has 0 radical (unpaired) electrons. The monoisotopic (exact) mass is 132 g/mol. The van der Waals surface area contributed by atoms with Gasteiger partial charge in [0.25, 0.3) is 0 Å².